The van der Waals surface area contributed by atoms with Crippen molar-refractivity contribution in [3.05, 3.63) is 34.4 Å². The molecule has 0 aliphatic heterocycles. The summed E-state index contributed by atoms with van der Waals surface area (Å²) in [4.78, 5) is 19.8. The number of hydrogen-bond donors (Lipinski definition) is 3. The van der Waals surface area contributed by atoms with Crippen molar-refractivity contribution in [2.24, 2.45) is 0 Å². The van der Waals surface area contributed by atoms with Gasteiger partial charge in [0.1, 0.15) is 5.82 Å². The fourth-order valence-corrected chi connectivity index (χ4v) is 1.79. The Morgan fingerprint density at radius 1 is 1.53 bits per heavy atom. The smallest absolute Gasteiger partial charge is 0.337 e. The van der Waals surface area contributed by atoms with E-state index in [1.165, 1.54) is 23.6 Å². The molecule has 0 atom stereocenters. The summed E-state index contributed by atoms with van der Waals surface area (Å²) in [7, 11) is 0. The third-order valence-corrected chi connectivity index (χ3v) is 2.87. The fraction of sp³-hybridized carbons (Fsp3) is 0.100. The number of carboxylic acid groups (broad SMARTS) is 1. The predicted molar refractivity (Wildman–Crippen MR) is 65.0 cm³/mol. The molecule has 2 aromatic rings. The quantitative estimate of drug-likeness (QED) is 0.758. The van der Waals surface area contributed by atoms with E-state index in [9.17, 15) is 4.79 Å². The monoisotopic (exact) mass is 250 g/mol. The van der Waals surface area contributed by atoms with Crippen molar-refractivity contribution < 1.29 is 9.90 Å². The van der Waals surface area contributed by atoms with Crippen LogP contribution in [0, 0.1) is 0 Å². The number of nitrogens with zero attached hydrogens (tertiary/aromatic N) is 2. The molecular weight excluding hydrogens is 240 g/mol. The number of hydrogen-bond acceptors (Lipinski definition) is 6. The molecule has 0 amide bonds. The van der Waals surface area contributed by atoms with Crippen molar-refractivity contribution in [2.45, 2.75) is 6.54 Å². The van der Waals surface area contributed by atoms with Gasteiger partial charge in [-0.25, -0.2) is 9.78 Å². The third kappa shape index (κ3) is 2.70. The number of carboxylic acids is 1. The van der Waals surface area contributed by atoms with Crippen LogP contribution in [0.4, 0.5) is 11.5 Å². The van der Waals surface area contributed by atoms with E-state index in [1.807, 2.05) is 0 Å². The zero-order chi connectivity index (χ0) is 12.3. The highest BCUT2D eigenvalue weighted by Gasteiger charge is 2.09. The number of pyridine rings is 1. The van der Waals surface area contributed by atoms with Crippen molar-refractivity contribution in [3.8, 4) is 0 Å². The van der Waals surface area contributed by atoms with Crippen LogP contribution in [0.1, 0.15) is 15.2 Å². The highest BCUT2D eigenvalue weighted by Crippen LogP contribution is 2.16. The second-order valence-electron chi connectivity index (χ2n) is 3.28. The number of nitrogen functional groups attached to an aromatic ring is 1. The van der Waals surface area contributed by atoms with E-state index in [0.717, 1.165) is 4.88 Å². The average molecular weight is 250 g/mol. The Morgan fingerprint density at radius 2 is 2.35 bits per heavy atom. The summed E-state index contributed by atoms with van der Waals surface area (Å²) in [6, 6.07) is 1.42. The number of anilines is 2. The molecule has 0 aliphatic carbocycles. The third-order valence-electron chi connectivity index (χ3n) is 2.09. The van der Waals surface area contributed by atoms with Gasteiger partial charge in [-0.15, -0.1) is 11.3 Å². The minimum atomic E-state index is -1.06. The lowest BCUT2D eigenvalue weighted by molar-refractivity contribution is 0.0698. The van der Waals surface area contributed by atoms with Crippen LogP contribution in [-0.2, 0) is 6.54 Å². The van der Waals surface area contributed by atoms with E-state index < -0.39 is 5.97 Å². The van der Waals surface area contributed by atoms with Gasteiger partial charge in [0.15, 0.2) is 0 Å². The molecule has 4 N–H and O–H groups in total. The van der Waals surface area contributed by atoms with Crippen LogP contribution in [0.5, 0.6) is 0 Å². The summed E-state index contributed by atoms with van der Waals surface area (Å²) in [5.41, 5.74) is 7.44. The first kappa shape index (κ1) is 11.3. The van der Waals surface area contributed by atoms with Crippen LogP contribution >= 0.6 is 11.3 Å². The lowest BCUT2D eigenvalue weighted by Crippen LogP contribution is -2.06. The minimum absolute atomic E-state index is 0.0480. The average Bonchev–Trinajstić information content (AvgIpc) is 2.80. The molecule has 0 fully saturated rings. The summed E-state index contributed by atoms with van der Waals surface area (Å²) in [5.74, 6) is -0.587. The Labute approximate surface area is 101 Å². The molecule has 0 saturated heterocycles. The number of nitrogens with two attached hydrogens (primary N) is 1. The Morgan fingerprint density at radius 3 is 3.00 bits per heavy atom. The van der Waals surface area contributed by atoms with Gasteiger partial charge in [0.25, 0.3) is 0 Å². The summed E-state index contributed by atoms with van der Waals surface area (Å²) in [5, 5.41) is 11.9. The van der Waals surface area contributed by atoms with Gasteiger partial charge in [0, 0.05) is 11.1 Å². The second-order valence-corrected chi connectivity index (χ2v) is 4.25. The number of carbonyl (C=O) groups is 1. The Balaban J connectivity index is 2.11. The first-order chi connectivity index (χ1) is 8.16. The largest absolute Gasteiger partial charge is 0.478 e. The van der Waals surface area contributed by atoms with Crippen molar-refractivity contribution in [3.63, 3.8) is 0 Å². The van der Waals surface area contributed by atoms with Crippen LogP contribution in [0.15, 0.2) is 24.0 Å². The molecule has 2 aromatic heterocycles. The van der Waals surface area contributed by atoms with E-state index in [2.05, 4.69) is 15.3 Å². The van der Waals surface area contributed by atoms with E-state index in [0.29, 0.717) is 12.4 Å². The van der Waals surface area contributed by atoms with Crippen LogP contribution < -0.4 is 11.1 Å². The summed E-state index contributed by atoms with van der Waals surface area (Å²) in [6.45, 7) is 0.556. The van der Waals surface area contributed by atoms with E-state index in [-0.39, 0.29) is 11.3 Å². The Bertz CT molecular complexity index is 527. The molecule has 0 bridgehead atoms. The van der Waals surface area contributed by atoms with Gasteiger partial charge < -0.3 is 16.2 Å². The first-order valence-corrected chi connectivity index (χ1v) is 5.65. The highest BCUT2D eigenvalue weighted by molar-refractivity contribution is 7.09. The van der Waals surface area contributed by atoms with E-state index in [4.69, 9.17) is 10.8 Å². The van der Waals surface area contributed by atoms with Crippen molar-refractivity contribution in [2.75, 3.05) is 11.1 Å². The van der Waals surface area contributed by atoms with Gasteiger partial charge in [-0.1, -0.05) is 0 Å². The highest BCUT2D eigenvalue weighted by atomic mass is 32.1. The topological polar surface area (TPSA) is 101 Å². The van der Waals surface area contributed by atoms with Crippen molar-refractivity contribution in [1.29, 1.82) is 0 Å². The molecular formula is C10H10N4O2S. The van der Waals surface area contributed by atoms with Crippen molar-refractivity contribution >= 4 is 28.8 Å². The van der Waals surface area contributed by atoms with Gasteiger partial charge in [0.2, 0.25) is 0 Å². The SMILES string of the molecule is Nc1cnc(NCc2cncs2)cc1C(=O)O. The number of aromatic nitrogens is 2. The van der Waals surface area contributed by atoms with E-state index in [1.54, 1.807) is 11.7 Å². The van der Waals surface area contributed by atoms with Gasteiger partial charge in [0.05, 0.1) is 29.5 Å². The number of rotatable bonds is 4. The molecule has 0 aromatic carbocycles. The predicted octanol–water partition coefficient (Wildman–Crippen LogP) is 1.43. The first-order valence-electron chi connectivity index (χ1n) is 4.77. The summed E-state index contributed by atoms with van der Waals surface area (Å²) in [6.07, 6.45) is 3.07. The zero-order valence-electron chi connectivity index (χ0n) is 8.75. The van der Waals surface area contributed by atoms with Gasteiger partial charge in [-0.2, -0.15) is 0 Å². The molecule has 17 heavy (non-hydrogen) atoms. The normalized spacial score (nSPS) is 10.1. The molecule has 0 saturated carbocycles. The summed E-state index contributed by atoms with van der Waals surface area (Å²) < 4.78 is 0. The molecule has 88 valence electrons. The second kappa shape index (κ2) is 4.79. The lowest BCUT2D eigenvalue weighted by Gasteiger charge is -2.06. The van der Waals surface area contributed by atoms with Gasteiger partial charge in [-0.3, -0.25) is 4.98 Å². The van der Waals surface area contributed by atoms with Crippen LogP contribution in [0.2, 0.25) is 0 Å². The summed E-state index contributed by atoms with van der Waals surface area (Å²) >= 11 is 1.51. The Hall–Kier alpha value is -2.15. The molecule has 2 rings (SSSR count). The van der Waals surface area contributed by atoms with Crippen LogP contribution in [0.3, 0.4) is 0 Å². The molecule has 2 heterocycles. The molecule has 0 spiro atoms. The van der Waals surface area contributed by atoms with Gasteiger partial charge >= 0.3 is 5.97 Å². The van der Waals surface area contributed by atoms with Crippen molar-refractivity contribution in [1.82, 2.24) is 9.97 Å². The maximum absolute atomic E-state index is 10.9. The molecule has 7 heteroatoms. The molecule has 6 nitrogen and oxygen atoms in total. The van der Waals surface area contributed by atoms with Gasteiger partial charge in [-0.05, 0) is 6.07 Å². The maximum Gasteiger partial charge on any atom is 0.337 e. The van der Waals surface area contributed by atoms with Crippen LogP contribution in [0.25, 0.3) is 0 Å². The molecule has 0 aliphatic rings. The van der Waals surface area contributed by atoms with E-state index >= 15 is 0 Å². The maximum atomic E-state index is 10.9. The Kier molecular flexibility index (Phi) is 3.20. The molecule has 0 radical (unpaired) electrons. The standard InChI is InChI=1S/C10H10N4O2S/c11-8-4-14-9(1-7(8)10(15)16)13-3-6-2-12-5-17-6/h1-2,4-5H,3,11H2,(H,13,14)(H,15,16). The van der Waals surface area contributed by atoms with Crippen LogP contribution in [-0.4, -0.2) is 21.0 Å². The minimum Gasteiger partial charge on any atom is -0.478 e. The fourth-order valence-electron chi connectivity index (χ4n) is 1.25. The molecule has 0 unspecified atom stereocenters. The zero-order valence-corrected chi connectivity index (χ0v) is 9.57. The lowest BCUT2D eigenvalue weighted by atomic mass is 10.2. The number of aromatic carboxylic acids is 1. The number of thiazole rings is 1. The number of nitrogens with one attached hydrogen (secondary N) is 1.